The van der Waals surface area contributed by atoms with Gasteiger partial charge in [-0.05, 0) is 49.2 Å². The summed E-state index contributed by atoms with van der Waals surface area (Å²) in [6.45, 7) is 4.59. The van der Waals surface area contributed by atoms with E-state index in [9.17, 15) is 19.5 Å². The number of methoxy groups -OCH3 is 1. The second-order valence-corrected chi connectivity index (χ2v) is 9.41. The second-order valence-electron chi connectivity index (χ2n) is 9.41. The quantitative estimate of drug-likeness (QED) is 0.601. The lowest BCUT2D eigenvalue weighted by molar-refractivity contribution is -0.00598. The number of nitrogens with zero attached hydrogens (tertiary/aromatic N) is 3. The molecule has 0 radical (unpaired) electrons. The van der Waals surface area contributed by atoms with Gasteiger partial charge in [0.1, 0.15) is 22.8 Å². The van der Waals surface area contributed by atoms with E-state index in [1.165, 1.54) is 7.11 Å². The average molecular weight is 490 g/mol. The van der Waals surface area contributed by atoms with E-state index in [4.69, 9.17) is 9.47 Å². The van der Waals surface area contributed by atoms with E-state index in [0.29, 0.717) is 48.7 Å². The van der Waals surface area contributed by atoms with E-state index >= 15 is 0 Å². The van der Waals surface area contributed by atoms with E-state index in [1.54, 1.807) is 29.2 Å². The lowest BCUT2D eigenvalue weighted by Crippen LogP contribution is -2.52. The minimum atomic E-state index is -0.672. The first-order chi connectivity index (χ1) is 17.2. The molecule has 2 aromatic carbocycles. The van der Waals surface area contributed by atoms with Crippen LogP contribution in [0.3, 0.4) is 0 Å². The van der Waals surface area contributed by atoms with Gasteiger partial charge in [-0.2, -0.15) is 9.78 Å². The number of likely N-dealkylation sites (tertiary alicyclic amines) is 1. The van der Waals surface area contributed by atoms with Crippen LogP contribution in [0.25, 0.3) is 5.69 Å². The van der Waals surface area contributed by atoms with E-state index in [2.05, 4.69) is 5.10 Å². The Hall–Kier alpha value is -4.14. The van der Waals surface area contributed by atoms with Crippen molar-refractivity contribution >= 4 is 11.7 Å². The van der Waals surface area contributed by atoms with Gasteiger partial charge < -0.3 is 19.5 Å². The number of rotatable bonds is 3. The molecule has 0 atom stereocenters. The van der Waals surface area contributed by atoms with Crippen molar-refractivity contribution in [3.05, 3.63) is 75.2 Å². The molecule has 3 aromatic rings. The molecule has 2 aliphatic heterocycles. The highest BCUT2D eigenvalue weighted by Crippen LogP contribution is 2.40. The molecule has 0 aliphatic carbocycles. The van der Waals surface area contributed by atoms with Crippen molar-refractivity contribution in [3.63, 3.8) is 0 Å². The number of Topliss-reactive ketones (excluding diaryl/α,β-unsaturated/α-hetero) is 1. The predicted octanol–water partition coefficient (Wildman–Crippen LogP) is 3.20. The van der Waals surface area contributed by atoms with Crippen molar-refractivity contribution in [2.75, 3.05) is 20.2 Å². The number of piperidine rings is 1. The molecule has 9 nitrogen and oxygen atoms in total. The number of hydrogen-bond donors (Lipinski definition) is 1. The molecule has 1 amide bonds. The van der Waals surface area contributed by atoms with E-state index in [1.807, 2.05) is 26.0 Å². The van der Waals surface area contributed by atoms with Crippen molar-refractivity contribution in [2.24, 2.45) is 0 Å². The zero-order chi connectivity index (χ0) is 25.6. The number of benzene rings is 2. The van der Waals surface area contributed by atoms with Crippen LogP contribution in [-0.2, 0) is 0 Å². The maximum atomic E-state index is 13.3. The highest BCUT2D eigenvalue weighted by Gasteiger charge is 2.44. The molecule has 0 bridgehead atoms. The maximum Gasteiger partial charge on any atom is 0.278 e. The highest BCUT2D eigenvalue weighted by molar-refractivity contribution is 6.01. The smallest absolute Gasteiger partial charge is 0.278 e. The molecule has 1 N–H and O–H groups in total. The van der Waals surface area contributed by atoms with Gasteiger partial charge in [-0.1, -0.05) is 12.1 Å². The molecule has 186 valence electrons. The fourth-order valence-electron chi connectivity index (χ4n) is 4.87. The van der Waals surface area contributed by atoms with Gasteiger partial charge in [0.05, 0.1) is 19.1 Å². The van der Waals surface area contributed by atoms with Crippen LogP contribution < -0.4 is 15.0 Å². The summed E-state index contributed by atoms with van der Waals surface area (Å²) in [6, 6.07) is 11.5. The van der Waals surface area contributed by atoms with Crippen LogP contribution in [0.4, 0.5) is 0 Å². The Morgan fingerprint density at radius 1 is 1.08 bits per heavy atom. The normalized spacial score (nSPS) is 16.4. The van der Waals surface area contributed by atoms with Crippen molar-refractivity contribution in [1.29, 1.82) is 0 Å². The number of carbonyl (C=O) groups excluding carboxylic acids is 2. The summed E-state index contributed by atoms with van der Waals surface area (Å²) in [7, 11) is 1.47. The van der Waals surface area contributed by atoms with Gasteiger partial charge in [0.2, 0.25) is 0 Å². The Balaban J connectivity index is 1.38. The number of aromatic hydroxyl groups is 1. The lowest BCUT2D eigenvalue weighted by atomic mass is 9.82. The molecule has 1 saturated heterocycles. The molecule has 1 aromatic heterocycles. The van der Waals surface area contributed by atoms with Crippen LogP contribution in [-0.4, -0.2) is 57.3 Å². The third-order valence-corrected chi connectivity index (χ3v) is 7.09. The molecular formula is C27H27N3O6. The van der Waals surface area contributed by atoms with E-state index < -0.39 is 22.8 Å². The number of aromatic nitrogens is 2. The molecule has 0 unspecified atom stereocenters. The largest absolute Gasteiger partial charge is 0.505 e. The fraction of sp³-hybridized carbons (Fsp3) is 0.333. The van der Waals surface area contributed by atoms with Crippen molar-refractivity contribution in [2.45, 2.75) is 38.7 Å². The van der Waals surface area contributed by atoms with Crippen LogP contribution in [0.1, 0.15) is 51.2 Å². The zero-order valence-corrected chi connectivity index (χ0v) is 20.4. The van der Waals surface area contributed by atoms with Crippen LogP contribution in [0.15, 0.2) is 47.3 Å². The van der Waals surface area contributed by atoms with Crippen LogP contribution in [0.2, 0.25) is 0 Å². The van der Waals surface area contributed by atoms with Gasteiger partial charge in [-0.25, -0.2) is 0 Å². The number of para-hydroxylation sites is 2. The summed E-state index contributed by atoms with van der Waals surface area (Å²) in [5, 5.41) is 14.6. The number of ketones is 1. The number of aryl methyl sites for hydroxylation is 2. The Kier molecular flexibility index (Phi) is 5.78. The van der Waals surface area contributed by atoms with Crippen molar-refractivity contribution in [1.82, 2.24) is 14.7 Å². The van der Waals surface area contributed by atoms with Gasteiger partial charge in [0.25, 0.3) is 11.5 Å². The molecule has 1 fully saturated rings. The molecule has 36 heavy (non-hydrogen) atoms. The molecule has 5 rings (SSSR count). The van der Waals surface area contributed by atoms with Gasteiger partial charge in [0, 0.05) is 32.0 Å². The summed E-state index contributed by atoms with van der Waals surface area (Å²) < 4.78 is 12.7. The second kappa shape index (κ2) is 8.82. The minimum absolute atomic E-state index is 0.0438. The summed E-state index contributed by atoms with van der Waals surface area (Å²) in [5.41, 5.74) is 1.57. The first kappa shape index (κ1) is 23.6. The van der Waals surface area contributed by atoms with Gasteiger partial charge >= 0.3 is 0 Å². The fourth-order valence-corrected chi connectivity index (χ4v) is 4.87. The number of hydrogen-bond acceptors (Lipinski definition) is 7. The summed E-state index contributed by atoms with van der Waals surface area (Å²) in [6.07, 6.45) is 1.18. The monoisotopic (exact) mass is 489 g/mol. The average Bonchev–Trinajstić information content (AvgIpc) is 2.85. The molecule has 2 aliphatic rings. The maximum absolute atomic E-state index is 13.3. The first-order valence-electron chi connectivity index (χ1n) is 11.8. The summed E-state index contributed by atoms with van der Waals surface area (Å²) >= 11 is 0. The van der Waals surface area contributed by atoms with Crippen LogP contribution in [0, 0.1) is 13.8 Å². The lowest BCUT2D eigenvalue weighted by Gasteiger charge is -2.44. The molecule has 3 heterocycles. The molecule has 1 spiro atoms. The van der Waals surface area contributed by atoms with Gasteiger partial charge in [-0.3, -0.25) is 14.4 Å². The Morgan fingerprint density at radius 2 is 1.78 bits per heavy atom. The third-order valence-electron chi connectivity index (χ3n) is 7.09. The number of amides is 1. The number of fused-ring (bicyclic) bond motifs is 1. The number of ether oxygens (including phenoxy) is 2. The Bertz CT molecular complexity index is 1440. The van der Waals surface area contributed by atoms with Crippen molar-refractivity contribution < 1.29 is 24.2 Å². The zero-order valence-electron chi connectivity index (χ0n) is 20.4. The Morgan fingerprint density at radius 3 is 2.50 bits per heavy atom. The van der Waals surface area contributed by atoms with Crippen molar-refractivity contribution in [3.8, 4) is 22.9 Å². The third kappa shape index (κ3) is 4.00. The van der Waals surface area contributed by atoms with Crippen LogP contribution in [0.5, 0.6) is 17.2 Å². The van der Waals surface area contributed by atoms with Crippen LogP contribution >= 0.6 is 0 Å². The summed E-state index contributed by atoms with van der Waals surface area (Å²) in [4.78, 5) is 40.4. The Labute approximate surface area is 207 Å². The molecule has 0 saturated carbocycles. The molecule has 9 heteroatoms. The minimum Gasteiger partial charge on any atom is -0.505 e. The standard InChI is InChI=1S/C27H27N3O6/c1-16-12-18-21(32)15-27(36-23(18)13-17(16)2)8-10-29(11-9-27)26(34)25-20(31)14-24(33)30(28-25)19-6-4-5-7-22(19)35-3/h4-7,12-14,31H,8-11,15H2,1-3H3. The molecular weight excluding hydrogens is 462 g/mol. The first-order valence-corrected chi connectivity index (χ1v) is 11.8. The number of carbonyl (C=O) groups is 2. The van der Waals surface area contributed by atoms with Gasteiger partial charge in [0.15, 0.2) is 17.2 Å². The summed E-state index contributed by atoms with van der Waals surface area (Å²) in [5.74, 6) is 0.0564. The SMILES string of the molecule is COc1ccccc1-n1nc(C(=O)N2CCC3(CC2)CC(=O)c2cc(C)c(C)cc2O3)c(O)cc1=O. The van der Waals surface area contributed by atoms with E-state index in [0.717, 1.165) is 21.9 Å². The topological polar surface area (TPSA) is 111 Å². The van der Waals surface area contributed by atoms with Gasteiger partial charge in [-0.15, -0.1) is 0 Å². The van der Waals surface area contributed by atoms with E-state index in [-0.39, 0.29) is 17.9 Å². The predicted molar refractivity (Wildman–Crippen MR) is 131 cm³/mol. The highest BCUT2D eigenvalue weighted by atomic mass is 16.5.